The zero-order chi connectivity index (χ0) is 15.2. The van der Waals surface area contributed by atoms with Crippen LogP contribution in [0.25, 0.3) is 0 Å². The van der Waals surface area contributed by atoms with Gasteiger partial charge in [-0.2, -0.15) is 5.10 Å². The van der Waals surface area contributed by atoms with Crippen LogP contribution in [0.4, 0.5) is 0 Å². The Kier molecular flexibility index (Phi) is 5.76. The van der Waals surface area contributed by atoms with Crippen LogP contribution in [0.3, 0.4) is 0 Å². The van der Waals surface area contributed by atoms with Crippen molar-refractivity contribution in [1.29, 1.82) is 0 Å². The molecular weight excluding hydrogens is 268 g/mol. The fourth-order valence-corrected chi connectivity index (χ4v) is 2.73. The maximum Gasteiger partial charge on any atom is 0.327 e. The van der Waals surface area contributed by atoms with Gasteiger partial charge in [0.1, 0.15) is 6.54 Å². The summed E-state index contributed by atoms with van der Waals surface area (Å²) in [6.07, 6.45) is 1.18. The molecule has 0 amide bonds. The number of nitrogens with zero attached hydrogens (tertiary/aromatic N) is 3. The smallest absolute Gasteiger partial charge is 0.327 e. The number of hydrogen-bond acceptors (Lipinski definition) is 5. The summed E-state index contributed by atoms with van der Waals surface area (Å²) in [5.41, 5.74) is 3.31. The van der Waals surface area contributed by atoms with Gasteiger partial charge in [-0.05, 0) is 40.3 Å². The summed E-state index contributed by atoms with van der Waals surface area (Å²) in [4.78, 5) is 14.1. The molecule has 0 atom stereocenters. The van der Waals surface area contributed by atoms with Gasteiger partial charge in [0, 0.05) is 30.9 Å². The van der Waals surface area contributed by atoms with Crippen LogP contribution in [0.15, 0.2) is 0 Å². The largest absolute Gasteiger partial charge is 0.465 e. The Labute approximate surface area is 126 Å². The molecule has 0 aromatic carbocycles. The van der Waals surface area contributed by atoms with E-state index >= 15 is 0 Å². The number of rotatable bonds is 5. The van der Waals surface area contributed by atoms with E-state index in [2.05, 4.69) is 15.3 Å². The van der Waals surface area contributed by atoms with E-state index in [4.69, 9.17) is 4.74 Å². The molecule has 1 aromatic rings. The van der Waals surface area contributed by atoms with Gasteiger partial charge in [0.25, 0.3) is 0 Å². The first-order valence-corrected chi connectivity index (χ1v) is 7.73. The Hall–Kier alpha value is -1.40. The van der Waals surface area contributed by atoms with E-state index in [0.717, 1.165) is 44.1 Å². The normalized spacial score (nSPS) is 16.7. The minimum Gasteiger partial charge on any atom is -0.465 e. The second-order valence-corrected chi connectivity index (χ2v) is 5.49. The van der Waals surface area contributed by atoms with E-state index in [1.165, 1.54) is 12.0 Å². The number of carbonyl (C=O) groups is 1. The molecule has 0 unspecified atom stereocenters. The average Bonchev–Trinajstić information content (AvgIpc) is 2.65. The lowest BCUT2D eigenvalue weighted by molar-refractivity contribution is -0.144. The molecule has 1 aliphatic heterocycles. The van der Waals surface area contributed by atoms with Crippen LogP contribution in [0.1, 0.15) is 30.3 Å². The summed E-state index contributed by atoms with van der Waals surface area (Å²) >= 11 is 0. The van der Waals surface area contributed by atoms with Gasteiger partial charge in [0.15, 0.2) is 0 Å². The summed E-state index contributed by atoms with van der Waals surface area (Å²) in [6, 6.07) is 0. The van der Waals surface area contributed by atoms with Crippen LogP contribution >= 0.6 is 0 Å². The van der Waals surface area contributed by atoms with Crippen molar-refractivity contribution >= 4 is 5.97 Å². The Morgan fingerprint density at radius 3 is 2.90 bits per heavy atom. The number of nitrogens with one attached hydrogen (secondary N) is 1. The standard InChI is InChI=1S/C15H26N4O2/c1-4-21-15(20)11-19-13(3)14(12(2)17-19)10-18-8-5-6-16-7-9-18/h16H,4-11H2,1-3H3. The molecule has 6 nitrogen and oxygen atoms in total. The molecule has 118 valence electrons. The van der Waals surface area contributed by atoms with Crippen molar-refractivity contribution in [2.24, 2.45) is 0 Å². The van der Waals surface area contributed by atoms with Crippen molar-refractivity contribution in [2.75, 3.05) is 32.8 Å². The van der Waals surface area contributed by atoms with Crippen molar-refractivity contribution < 1.29 is 9.53 Å². The first-order chi connectivity index (χ1) is 10.1. The van der Waals surface area contributed by atoms with E-state index in [1.807, 2.05) is 20.8 Å². The lowest BCUT2D eigenvalue weighted by Crippen LogP contribution is -2.28. The first-order valence-electron chi connectivity index (χ1n) is 7.73. The number of hydrogen-bond donors (Lipinski definition) is 1. The van der Waals surface area contributed by atoms with Crippen LogP contribution in [0.2, 0.25) is 0 Å². The van der Waals surface area contributed by atoms with Crippen LogP contribution in [0.5, 0.6) is 0 Å². The van der Waals surface area contributed by atoms with E-state index in [9.17, 15) is 4.79 Å². The topological polar surface area (TPSA) is 59.4 Å². The van der Waals surface area contributed by atoms with Gasteiger partial charge >= 0.3 is 5.97 Å². The maximum absolute atomic E-state index is 11.6. The summed E-state index contributed by atoms with van der Waals surface area (Å²) in [5.74, 6) is -0.228. The average molecular weight is 294 g/mol. The molecule has 2 heterocycles. The fourth-order valence-electron chi connectivity index (χ4n) is 2.73. The number of aryl methyl sites for hydroxylation is 1. The molecule has 1 aliphatic rings. The number of carbonyl (C=O) groups excluding carboxylic acids is 1. The van der Waals surface area contributed by atoms with Crippen LogP contribution in [-0.4, -0.2) is 53.4 Å². The predicted octanol–water partition coefficient (Wildman–Crippen LogP) is 0.858. The van der Waals surface area contributed by atoms with Gasteiger partial charge in [-0.3, -0.25) is 14.4 Å². The zero-order valence-electron chi connectivity index (χ0n) is 13.3. The Morgan fingerprint density at radius 1 is 1.33 bits per heavy atom. The highest BCUT2D eigenvalue weighted by Gasteiger charge is 2.17. The van der Waals surface area contributed by atoms with E-state index in [-0.39, 0.29) is 12.5 Å². The van der Waals surface area contributed by atoms with Gasteiger partial charge < -0.3 is 10.1 Å². The number of aromatic nitrogens is 2. The van der Waals surface area contributed by atoms with Gasteiger partial charge in [-0.1, -0.05) is 0 Å². The third kappa shape index (κ3) is 4.28. The maximum atomic E-state index is 11.6. The minimum atomic E-state index is -0.228. The van der Waals surface area contributed by atoms with Crippen molar-refractivity contribution in [1.82, 2.24) is 20.0 Å². The highest BCUT2D eigenvalue weighted by Crippen LogP contribution is 2.16. The highest BCUT2D eigenvalue weighted by molar-refractivity contribution is 5.69. The molecule has 1 N–H and O–H groups in total. The van der Waals surface area contributed by atoms with Crippen molar-refractivity contribution in [3.63, 3.8) is 0 Å². The van der Waals surface area contributed by atoms with Gasteiger partial charge in [-0.15, -0.1) is 0 Å². The lowest BCUT2D eigenvalue weighted by Gasteiger charge is -2.19. The molecule has 6 heteroatoms. The Morgan fingerprint density at radius 2 is 2.14 bits per heavy atom. The number of esters is 1. The number of ether oxygens (including phenoxy) is 1. The lowest BCUT2D eigenvalue weighted by atomic mass is 10.2. The molecule has 0 aliphatic carbocycles. The van der Waals surface area contributed by atoms with Crippen LogP contribution in [-0.2, 0) is 22.6 Å². The Bertz CT molecular complexity index is 476. The van der Waals surface area contributed by atoms with Crippen molar-refractivity contribution in [2.45, 2.75) is 40.3 Å². The molecule has 0 spiro atoms. The second kappa shape index (κ2) is 7.56. The molecule has 0 bridgehead atoms. The minimum absolute atomic E-state index is 0.196. The van der Waals surface area contributed by atoms with Gasteiger partial charge in [0.05, 0.1) is 12.3 Å². The van der Waals surface area contributed by atoms with Gasteiger partial charge in [0.2, 0.25) is 0 Å². The van der Waals surface area contributed by atoms with Crippen LogP contribution in [0, 0.1) is 13.8 Å². The Balaban J connectivity index is 2.05. The summed E-state index contributed by atoms with van der Waals surface area (Å²) in [7, 11) is 0. The predicted molar refractivity (Wildman–Crippen MR) is 81.1 cm³/mol. The SMILES string of the molecule is CCOC(=O)Cn1nc(C)c(CN2CCCNCC2)c1C. The second-order valence-electron chi connectivity index (χ2n) is 5.49. The third-order valence-electron chi connectivity index (χ3n) is 3.93. The third-order valence-corrected chi connectivity index (χ3v) is 3.93. The quantitative estimate of drug-likeness (QED) is 0.816. The summed E-state index contributed by atoms with van der Waals surface area (Å²) in [6.45, 7) is 11.7. The molecule has 2 rings (SSSR count). The summed E-state index contributed by atoms with van der Waals surface area (Å²) < 4.78 is 6.76. The molecule has 0 radical (unpaired) electrons. The molecule has 1 aromatic heterocycles. The van der Waals surface area contributed by atoms with E-state index in [1.54, 1.807) is 4.68 Å². The zero-order valence-corrected chi connectivity index (χ0v) is 13.3. The first kappa shape index (κ1) is 16.0. The molecule has 21 heavy (non-hydrogen) atoms. The summed E-state index contributed by atoms with van der Waals surface area (Å²) in [5, 5.41) is 7.91. The molecular formula is C15H26N4O2. The highest BCUT2D eigenvalue weighted by atomic mass is 16.5. The van der Waals surface area contributed by atoms with Gasteiger partial charge in [-0.25, -0.2) is 0 Å². The van der Waals surface area contributed by atoms with E-state index < -0.39 is 0 Å². The van der Waals surface area contributed by atoms with Crippen LogP contribution < -0.4 is 5.32 Å². The van der Waals surface area contributed by atoms with Crippen molar-refractivity contribution in [3.8, 4) is 0 Å². The molecule has 0 saturated carbocycles. The van der Waals surface area contributed by atoms with Crippen molar-refractivity contribution in [3.05, 3.63) is 17.0 Å². The molecule has 1 saturated heterocycles. The fraction of sp³-hybridized carbons (Fsp3) is 0.733. The monoisotopic (exact) mass is 294 g/mol. The van der Waals surface area contributed by atoms with E-state index in [0.29, 0.717) is 6.61 Å². The molecule has 1 fully saturated rings.